The minimum atomic E-state index is -2.33. The Kier molecular flexibility index (Phi) is 6.45. The van der Waals surface area contributed by atoms with Crippen LogP contribution in [0.15, 0.2) is 17.0 Å². The quantitative estimate of drug-likeness (QED) is 0.482. The molecule has 0 aliphatic carbocycles. The summed E-state index contributed by atoms with van der Waals surface area (Å²) in [5.74, 6) is 0.0455. The Balaban J connectivity index is 2.38. The van der Waals surface area contributed by atoms with Gasteiger partial charge in [0.2, 0.25) is 8.32 Å². The van der Waals surface area contributed by atoms with Crippen LogP contribution in [0.5, 0.6) is 0 Å². The van der Waals surface area contributed by atoms with Gasteiger partial charge in [0.1, 0.15) is 11.6 Å². The van der Waals surface area contributed by atoms with Crippen molar-refractivity contribution in [3.05, 3.63) is 18.4 Å². The number of hydrogen-bond acceptors (Lipinski definition) is 6. The molecule has 1 aliphatic heterocycles. The smallest absolute Gasteiger partial charge is 0.417 e. The molecule has 0 bridgehead atoms. The van der Waals surface area contributed by atoms with E-state index in [1.54, 1.807) is 20.8 Å². The van der Waals surface area contributed by atoms with Crippen LogP contribution in [0.3, 0.4) is 0 Å². The molecule has 7 nitrogen and oxygen atoms in total. The molecule has 2 amide bonds. The van der Waals surface area contributed by atoms with Crippen LogP contribution in [0.2, 0.25) is 16.6 Å². The van der Waals surface area contributed by atoms with Gasteiger partial charge in [-0.3, -0.25) is 4.79 Å². The fourth-order valence-electron chi connectivity index (χ4n) is 4.37. The number of carbonyl (C=O) groups is 2. The number of nitrogens with zero attached hydrogens (tertiary/aromatic N) is 2. The molecule has 1 aliphatic rings. The maximum atomic E-state index is 13.0. The van der Waals surface area contributed by atoms with Gasteiger partial charge in [-0.05, 0) is 37.4 Å². The summed E-state index contributed by atoms with van der Waals surface area (Å²) in [5.41, 5.74) is 0.227. The van der Waals surface area contributed by atoms with Crippen molar-refractivity contribution in [2.24, 2.45) is 0 Å². The van der Waals surface area contributed by atoms with Gasteiger partial charge in [-0.1, -0.05) is 41.5 Å². The van der Waals surface area contributed by atoms with Gasteiger partial charge < -0.3 is 13.6 Å². The van der Waals surface area contributed by atoms with Gasteiger partial charge in [-0.15, -0.1) is 0 Å². The van der Waals surface area contributed by atoms with Gasteiger partial charge in [0.15, 0.2) is 18.3 Å². The molecule has 28 heavy (non-hydrogen) atoms. The number of rotatable bonds is 6. The monoisotopic (exact) mass is 410 g/mol. The van der Waals surface area contributed by atoms with Crippen LogP contribution in [-0.4, -0.2) is 41.9 Å². The Morgan fingerprint density at radius 1 is 1.14 bits per heavy atom. The largest absolute Gasteiger partial charge is 0.446 e. The van der Waals surface area contributed by atoms with E-state index in [0.29, 0.717) is 22.4 Å². The molecular weight excluding hydrogens is 376 g/mol. The molecule has 0 N–H and O–H groups in total. The molecule has 1 saturated heterocycles. The van der Waals surface area contributed by atoms with E-state index >= 15 is 0 Å². The molecule has 158 valence electrons. The Morgan fingerprint density at radius 3 is 2.07 bits per heavy atom. The van der Waals surface area contributed by atoms with E-state index in [-0.39, 0.29) is 5.91 Å². The number of aromatic nitrogens is 1. The third kappa shape index (κ3) is 4.03. The first-order valence-electron chi connectivity index (χ1n) is 9.95. The number of oxazole rings is 1. The minimum absolute atomic E-state index is 0.311. The summed E-state index contributed by atoms with van der Waals surface area (Å²) in [6.07, 6.45) is 1.36. The summed E-state index contributed by atoms with van der Waals surface area (Å²) in [6.45, 7) is 18.2. The molecule has 1 aromatic heterocycles. The number of carbonyl (C=O) groups excluding carboxylic acids is 2. The van der Waals surface area contributed by atoms with Crippen LogP contribution in [-0.2, 0) is 14.0 Å². The van der Waals surface area contributed by atoms with Crippen molar-refractivity contribution in [3.63, 3.8) is 0 Å². The molecule has 0 spiro atoms. The summed E-state index contributed by atoms with van der Waals surface area (Å²) >= 11 is 0. The number of likely N-dealkylation sites (tertiary alicyclic amines) is 1. The Hall–Kier alpha value is -1.67. The lowest BCUT2D eigenvalue weighted by Crippen LogP contribution is -2.66. The van der Waals surface area contributed by atoms with Crippen LogP contribution in [0.25, 0.3) is 0 Å². The zero-order valence-electron chi connectivity index (χ0n) is 18.5. The van der Waals surface area contributed by atoms with E-state index in [2.05, 4.69) is 46.5 Å². The number of imide groups is 1. The first-order chi connectivity index (χ1) is 12.8. The molecule has 0 aromatic carbocycles. The third-order valence-electron chi connectivity index (χ3n) is 5.42. The Bertz CT molecular complexity index is 672. The first-order valence-corrected chi connectivity index (χ1v) is 12.1. The SMILES string of the molecule is CC(C)[Si](O[C@H]1C(=O)N(C(=O)OC(C)(C)C)[C@H]1c1cnco1)(C(C)C)C(C)C. The third-order valence-corrected chi connectivity index (χ3v) is 11.5. The Morgan fingerprint density at radius 2 is 1.68 bits per heavy atom. The maximum absolute atomic E-state index is 13.0. The van der Waals surface area contributed by atoms with E-state index in [4.69, 9.17) is 13.6 Å². The average Bonchev–Trinajstić information content (AvgIpc) is 3.03. The highest BCUT2D eigenvalue weighted by Gasteiger charge is 2.59. The summed E-state index contributed by atoms with van der Waals surface area (Å²) in [7, 11) is -2.33. The van der Waals surface area contributed by atoms with Gasteiger partial charge in [0.05, 0.1) is 6.20 Å². The fourth-order valence-corrected chi connectivity index (χ4v) is 9.85. The van der Waals surface area contributed by atoms with E-state index in [1.807, 2.05) is 0 Å². The Labute approximate surface area is 168 Å². The second-order valence-corrected chi connectivity index (χ2v) is 14.8. The van der Waals surface area contributed by atoms with Gasteiger partial charge in [0.25, 0.3) is 5.91 Å². The average molecular weight is 411 g/mol. The van der Waals surface area contributed by atoms with E-state index in [1.165, 1.54) is 12.6 Å². The van der Waals surface area contributed by atoms with Crippen LogP contribution < -0.4 is 0 Å². The minimum Gasteiger partial charge on any atom is -0.446 e. The van der Waals surface area contributed by atoms with E-state index in [0.717, 1.165) is 4.90 Å². The molecule has 2 atom stereocenters. The fraction of sp³-hybridized carbons (Fsp3) is 0.750. The van der Waals surface area contributed by atoms with Gasteiger partial charge in [0, 0.05) is 0 Å². The molecule has 0 radical (unpaired) electrons. The number of β-lactam (4-membered cyclic amide) rings is 1. The molecule has 0 saturated carbocycles. The van der Waals surface area contributed by atoms with Gasteiger partial charge in [-0.2, -0.15) is 0 Å². The van der Waals surface area contributed by atoms with Crippen LogP contribution in [0.1, 0.15) is 74.1 Å². The molecule has 2 rings (SSSR count). The van der Waals surface area contributed by atoms with Gasteiger partial charge in [-0.25, -0.2) is 14.7 Å². The van der Waals surface area contributed by atoms with E-state index in [9.17, 15) is 9.59 Å². The number of amides is 2. The predicted molar refractivity (Wildman–Crippen MR) is 108 cm³/mol. The lowest BCUT2D eigenvalue weighted by Gasteiger charge is -2.51. The van der Waals surface area contributed by atoms with Gasteiger partial charge >= 0.3 is 6.09 Å². The molecule has 0 unspecified atom stereocenters. The second kappa shape index (κ2) is 7.98. The molecule has 1 fully saturated rings. The second-order valence-electron chi connectivity index (χ2n) is 9.39. The number of ether oxygens (including phenoxy) is 1. The van der Waals surface area contributed by atoms with Crippen molar-refractivity contribution >= 4 is 20.3 Å². The van der Waals surface area contributed by atoms with Crippen molar-refractivity contribution in [2.45, 2.75) is 96.7 Å². The van der Waals surface area contributed by atoms with Crippen molar-refractivity contribution in [1.82, 2.24) is 9.88 Å². The topological polar surface area (TPSA) is 81.9 Å². The standard InChI is InChI=1S/C20H34N2O5Si/c1-12(2)28(13(3)4,14(5)6)27-17-16(15-10-21-11-25-15)22(18(17)23)19(24)26-20(7,8)9/h10-14,16-17H,1-9H3/t16-,17+/m0/s1. The predicted octanol–water partition coefficient (Wildman–Crippen LogP) is 5.05. The highest BCUT2D eigenvalue weighted by Crippen LogP contribution is 2.48. The number of hydrogen-bond donors (Lipinski definition) is 0. The first kappa shape index (κ1) is 22.6. The van der Waals surface area contributed by atoms with Crippen LogP contribution in [0, 0.1) is 0 Å². The highest BCUT2D eigenvalue weighted by atomic mass is 28.4. The molecule has 8 heteroatoms. The van der Waals surface area contributed by atoms with Crippen LogP contribution in [0.4, 0.5) is 4.79 Å². The summed E-state index contributed by atoms with van der Waals surface area (Å²) in [6, 6.07) is -0.659. The van der Waals surface area contributed by atoms with Crippen molar-refractivity contribution < 1.29 is 23.2 Å². The zero-order chi connectivity index (χ0) is 21.4. The van der Waals surface area contributed by atoms with E-state index < -0.39 is 32.2 Å². The summed E-state index contributed by atoms with van der Waals surface area (Å²) in [4.78, 5) is 30.7. The van der Waals surface area contributed by atoms with Crippen molar-refractivity contribution in [3.8, 4) is 0 Å². The summed E-state index contributed by atoms with van der Waals surface area (Å²) in [5, 5.41) is 0. The normalized spacial score (nSPS) is 20.9. The summed E-state index contributed by atoms with van der Waals surface area (Å²) < 4.78 is 17.5. The lowest BCUT2D eigenvalue weighted by molar-refractivity contribution is -0.164. The van der Waals surface area contributed by atoms with Crippen molar-refractivity contribution in [2.75, 3.05) is 0 Å². The highest BCUT2D eigenvalue weighted by molar-refractivity contribution is 6.77. The molecular formula is C20H34N2O5Si. The van der Waals surface area contributed by atoms with Crippen LogP contribution >= 0.6 is 0 Å². The zero-order valence-corrected chi connectivity index (χ0v) is 19.5. The molecule has 2 heterocycles. The maximum Gasteiger partial charge on any atom is 0.417 e. The van der Waals surface area contributed by atoms with Crippen molar-refractivity contribution in [1.29, 1.82) is 0 Å². The lowest BCUT2D eigenvalue weighted by atomic mass is 9.97. The molecule has 1 aromatic rings.